The molecule has 0 amide bonds. The molecule has 0 aliphatic heterocycles. The van der Waals surface area contributed by atoms with Gasteiger partial charge in [-0.05, 0) is 25.8 Å². The van der Waals surface area contributed by atoms with E-state index in [4.69, 9.17) is 4.74 Å². The fraction of sp³-hybridized carbons (Fsp3) is 0.600. The molecule has 19 heavy (non-hydrogen) atoms. The van der Waals surface area contributed by atoms with E-state index in [-0.39, 0.29) is 11.8 Å². The summed E-state index contributed by atoms with van der Waals surface area (Å²) in [4.78, 5) is 0. The fourth-order valence-electron chi connectivity index (χ4n) is 2.55. The maximum atomic E-state index is 12.9. The van der Waals surface area contributed by atoms with Crippen LogP contribution in [0.5, 0.6) is 5.75 Å². The Morgan fingerprint density at radius 3 is 2.84 bits per heavy atom. The fourth-order valence-corrected chi connectivity index (χ4v) is 2.55. The monoisotopic (exact) mass is 267 g/mol. The first kappa shape index (κ1) is 14.3. The number of phenols is 1. The van der Waals surface area contributed by atoms with Crippen molar-refractivity contribution in [3.63, 3.8) is 0 Å². The van der Waals surface area contributed by atoms with E-state index in [1.807, 2.05) is 6.92 Å². The lowest BCUT2D eigenvalue weighted by Gasteiger charge is -2.17. The summed E-state index contributed by atoms with van der Waals surface area (Å²) in [5.74, 6) is -0.422. The molecule has 2 rings (SSSR count). The van der Waals surface area contributed by atoms with Crippen LogP contribution in [0, 0.1) is 5.82 Å². The second kappa shape index (κ2) is 6.87. The molecule has 0 heterocycles. The lowest BCUT2D eigenvalue weighted by atomic mass is 10.1. The Hall–Kier alpha value is -1.13. The smallest absolute Gasteiger partial charge is 0.126 e. The maximum absolute atomic E-state index is 12.9. The number of phenolic OH excluding ortho intramolecular Hbond substituents is 1. The van der Waals surface area contributed by atoms with E-state index in [1.165, 1.54) is 31.7 Å². The van der Waals surface area contributed by atoms with Gasteiger partial charge in [0.25, 0.3) is 0 Å². The van der Waals surface area contributed by atoms with E-state index in [9.17, 15) is 9.50 Å². The molecule has 0 bridgehead atoms. The average Bonchev–Trinajstić information content (AvgIpc) is 2.87. The first-order valence-electron chi connectivity index (χ1n) is 7.00. The highest BCUT2D eigenvalue weighted by Gasteiger charge is 2.15. The molecule has 3 nitrogen and oxygen atoms in total. The third-order valence-corrected chi connectivity index (χ3v) is 3.67. The third kappa shape index (κ3) is 4.18. The van der Waals surface area contributed by atoms with Gasteiger partial charge in [0.2, 0.25) is 0 Å². The van der Waals surface area contributed by atoms with Gasteiger partial charge in [-0.25, -0.2) is 4.39 Å². The molecule has 0 aromatic heterocycles. The zero-order valence-corrected chi connectivity index (χ0v) is 11.4. The van der Waals surface area contributed by atoms with E-state index in [0.717, 1.165) is 12.6 Å². The van der Waals surface area contributed by atoms with Crippen molar-refractivity contribution in [2.75, 3.05) is 13.2 Å². The Morgan fingerprint density at radius 1 is 1.42 bits per heavy atom. The second-order valence-corrected chi connectivity index (χ2v) is 5.16. The molecule has 2 N–H and O–H groups in total. The van der Waals surface area contributed by atoms with Crippen LogP contribution in [0.3, 0.4) is 0 Å². The predicted molar refractivity (Wildman–Crippen MR) is 72.7 cm³/mol. The van der Waals surface area contributed by atoms with Gasteiger partial charge >= 0.3 is 0 Å². The zero-order valence-electron chi connectivity index (χ0n) is 11.4. The van der Waals surface area contributed by atoms with Gasteiger partial charge in [0, 0.05) is 24.2 Å². The summed E-state index contributed by atoms with van der Waals surface area (Å²) in [6.07, 6.45) is 5.33. The van der Waals surface area contributed by atoms with Crippen molar-refractivity contribution in [1.82, 2.24) is 5.32 Å². The molecule has 1 aromatic carbocycles. The van der Waals surface area contributed by atoms with Crippen LogP contribution in [0.15, 0.2) is 18.2 Å². The van der Waals surface area contributed by atoms with Crippen LogP contribution in [0.25, 0.3) is 0 Å². The van der Waals surface area contributed by atoms with Gasteiger partial charge in [-0.2, -0.15) is 0 Å². The van der Waals surface area contributed by atoms with Crippen LogP contribution < -0.4 is 5.32 Å². The summed E-state index contributed by atoms with van der Waals surface area (Å²) in [5, 5.41) is 13.0. The summed E-state index contributed by atoms with van der Waals surface area (Å²) in [5.41, 5.74) is 0.710. The van der Waals surface area contributed by atoms with Crippen LogP contribution in [0.4, 0.5) is 4.39 Å². The summed E-state index contributed by atoms with van der Waals surface area (Å²) >= 11 is 0. The van der Waals surface area contributed by atoms with Gasteiger partial charge in [-0.3, -0.25) is 0 Å². The lowest BCUT2D eigenvalue weighted by Crippen LogP contribution is -2.25. The summed E-state index contributed by atoms with van der Waals surface area (Å²) in [6, 6.07) is 4.10. The molecular weight excluding hydrogens is 245 g/mol. The molecular formula is C15H22FNO2. The van der Waals surface area contributed by atoms with Crippen LogP contribution in [0.2, 0.25) is 0 Å². The van der Waals surface area contributed by atoms with Crippen LogP contribution >= 0.6 is 0 Å². The van der Waals surface area contributed by atoms with Gasteiger partial charge in [-0.15, -0.1) is 0 Å². The summed E-state index contributed by atoms with van der Waals surface area (Å²) in [6.45, 7) is 3.36. The van der Waals surface area contributed by atoms with E-state index < -0.39 is 5.82 Å². The standard InChI is InChI=1S/C15H22FNO2/c1-11(14-7-6-12(16)10-15(14)18)17-8-9-19-13-4-2-3-5-13/h6-7,10-11,13,17-18H,2-5,8-9H2,1H3. The molecule has 0 radical (unpaired) electrons. The Labute approximate surface area is 113 Å². The first-order chi connectivity index (χ1) is 9.16. The van der Waals surface area contributed by atoms with Gasteiger partial charge in [0.05, 0.1) is 12.7 Å². The molecule has 1 saturated carbocycles. The normalized spacial score (nSPS) is 17.8. The number of halogens is 1. The number of hydrogen-bond acceptors (Lipinski definition) is 3. The molecule has 1 aromatic rings. The van der Waals surface area contributed by atoms with E-state index in [1.54, 1.807) is 6.07 Å². The summed E-state index contributed by atoms with van der Waals surface area (Å²) < 4.78 is 18.6. The number of hydrogen-bond donors (Lipinski definition) is 2. The van der Waals surface area contributed by atoms with E-state index >= 15 is 0 Å². The average molecular weight is 267 g/mol. The Kier molecular flexibility index (Phi) is 5.16. The number of aromatic hydroxyl groups is 1. The summed E-state index contributed by atoms with van der Waals surface area (Å²) in [7, 11) is 0. The zero-order chi connectivity index (χ0) is 13.7. The minimum absolute atomic E-state index is 0.00305. The van der Waals surface area contributed by atoms with Crippen molar-refractivity contribution >= 4 is 0 Å². The van der Waals surface area contributed by atoms with E-state index in [0.29, 0.717) is 18.3 Å². The topological polar surface area (TPSA) is 41.5 Å². The lowest BCUT2D eigenvalue weighted by molar-refractivity contribution is 0.0593. The number of ether oxygens (including phenoxy) is 1. The molecule has 1 atom stereocenters. The number of nitrogens with one attached hydrogen (secondary N) is 1. The van der Waals surface area contributed by atoms with Crippen molar-refractivity contribution in [2.45, 2.75) is 44.8 Å². The molecule has 1 aliphatic rings. The minimum atomic E-state index is -0.419. The van der Waals surface area contributed by atoms with Gasteiger partial charge in [0.1, 0.15) is 11.6 Å². The van der Waals surface area contributed by atoms with Gasteiger partial charge in [-0.1, -0.05) is 18.9 Å². The van der Waals surface area contributed by atoms with Crippen molar-refractivity contribution < 1.29 is 14.2 Å². The highest BCUT2D eigenvalue weighted by molar-refractivity contribution is 5.34. The predicted octanol–water partition coefficient (Wildman–Crippen LogP) is 3.14. The van der Waals surface area contributed by atoms with Gasteiger partial charge < -0.3 is 15.2 Å². The van der Waals surface area contributed by atoms with Crippen LogP contribution in [-0.2, 0) is 4.74 Å². The quantitative estimate of drug-likeness (QED) is 0.778. The minimum Gasteiger partial charge on any atom is -0.508 e. The third-order valence-electron chi connectivity index (χ3n) is 3.67. The molecule has 1 aliphatic carbocycles. The molecule has 0 saturated heterocycles. The van der Waals surface area contributed by atoms with Crippen molar-refractivity contribution in [1.29, 1.82) is 0 Å². The number of rotatable bonds is 6. The van der Waals surface area contributed by atoms with Crippen LogP contribution in [-0.4, -0.2) is 24.4 Å². The molecule has 1 unspecified atom stereocenters. The Balaban J connectivity index is 1.72. The highest BCUT2D eigenvalue weighted by Crippen LogP contribution is 2.24. The second-order valence-electron chi connectivity index (χ2n) is 5.16. The molecule has 4 heteroatoms. The van der Waals surface area contributed by atoms with Crippen molar-refractivity contribution in [3.05, 3.63) is 29.6 Å². The Morgan fingerprint density at radius 2 is 2.16 bits per heavy atom. The molecule has 0 spiro atoms. The Bertz CT molecular complexity index is 405. The molecule has 1 fully saturated rings. The first-order valence-corrected chi connectivity index (χ1v) is 7.00. The molecule has 106 valence electrons. The SMILES string of the molecule is CC(NCCOC1CCCC1)c1ccc(F)cc1O. The maximum Gasteiger partial charge on any atom is 0.126 e. The van der Waals surface area contributed by atoms with Crippen molar-refractivity contribution in [2.24, 2.45) is 0 Å². The van der Waals surface area contributed by atoms with E-state index in [2.05, 4.69) is 5.32 Å². The number of benzene rings is 1. The highest BCUT2D eigenvalue weighted by atomic mass is 19.1. The van der Waals surface area contributed by atoms with Crippen LogP contribution in [0.1, 0.15) is 44.2 Å². The van der Waals surface area contributed by atoms with Crippen molar-refractivity contribution in [3.8, 4) is 5.75 Å². The largest absolute Gasteiger partial charge is 0.508 e. The van der Waals surface area contributed by atoms with Gasteiger partial charge in [0.15, 0.2) is 0 Å².